The fraction of sp³-hybridized carbons (Fsp3) is 0.348. The number of nitrogens with zero attached hydrogens (tertiary/aromatic N) is 1. The first-order valence-corrected chi connectivity index (χ1v) is 10.2. The van der Waals surface area contributed by atoms with E-state index in [-0.39, 0.29) is 11.7 Å². The van der Waals surface area contributed by atoms with Crippen LogP contribution in [0, 0.1) is 0 Å². The minimum Gasteiger partial charge on any atom is -0.494 e. The van der Waals surface area contributed by atoms with Gasteiger partial charge in [-0.25, -0.2) is 0 Å². The Kier molecular flexibility index (Phi) is 5.71. The smallest absolute Gasteiger partial charge is 0.253 e. The Hall–Kier alpha value is -2.99. The molecular weight excluding hydrogens is 366 g/mol. The first kappa shape index (κ1) is 19.3. The fourth-order valence-corrected chi connectivity index (χ4v) is 3.79. The van der Waals surface area contributed by atoms with E-state index in [1.54, 1.807) is 0 Å². The summed E-state index contributed by atoms with van der Waals surface area (Å²) in [6.45, 7) is 4.63. The zero-order chi connectivity index (χ0) is 20.2. The lowest BCUT2D eigenvalue weighted by Crippen LogP contribution is -2.38. The molecule has 0 bridgehead atoms. The number of aromatic amines is 1. The van der Waals surface area contributed by atoms with Crippen LogP contribution in [0.15, 0.2) is 53.3 Å². The van der Waals surface area contributed by atoms with Gasteiger partial charge in [-0.3, -0.25) is 4.79 Å². The van der Waals surface area contributed by atoms with Crippen molar-refractivity contribution < 1.29 is 9.84 Å². The number of aliphatic hydroxyl groups excluding tert-OH is 1. The zero-order valence-corrected chi connectivity index (χ0v) is 16.6. The summed E-state index contributed by atoms with van der Waals surface area (Å²) in [5, 5.41) is 14.2. The highest BCUT2D eigenvalue weighted by molar-refractivity contribution is 5.80. The van der Waals surface area contributed by atoms with E-state index in [0.717, 1.165) is 47.4 Å². The van der Waals surface area contributed by atoms with Gasteiger partial charge in [0.25, 0.3) is 5.56 Å². The first-order valence-electron chi connectivity index (χ1n) is 10.2. The Labute approximate surface area is 170 Å². The Morgan fingerprint density at radius 1 is 1.21 bits per heavy atom. The predicted octanol–water partition coefficient (Wildman–Crippen LogP) is 3.50. The second-order valence-electron chi connectivity index (χ2n) is 7.45. The fourth-order valence-electron chi connectivity index (χ4n) is 3.79. The van der Waals surface area contributed by atoms with Crippen molar-refractivity contribution in [1.82, 2.24) is 4.98 Å². The van der Waals surface area contributed by atoms with Crippen LogP contribution in [-0.2, 0) is 6.54 Å². The maximum Gasteiger partial charge on any atom is 0.253 e. The van der Waals surface area contributed by atoms with E-state index in [4.69, 9.17) is 4.74 Å². The number of nitrogens with one attached hydrogen (secondary N) is 2. The second-order valence-corrected chi connectivity index (χ2v) is 7.45. The summed E-state index contributed by atoms with van der Waals surface area (Å²) in [7, 11) is 0. The maximum atomic E-state index is 12.4. The van der Waals surface area contributed by atoms with Crippen LogP contribution in [0.25, 0.3) is 10.9 Å². The average Bonchev–Trinajstić information content (AvgIpc) is 2.73. The van der Waals surface area contributed by atoms with Crippen molar-refractivity contribution in [2.75, 3.05) is 29.9 Å². The molecule has 0 amide bonds. The number of rotatable bonds is 6. The Morgan fingerprint density at radius 2 is 2.03 bits per heavy atom. The van der Waals surface area contributed by atoms with E-state index < -0.39 is 0 Å². The number of hydrogen-bond donors (Lipinski definition) is 3. The van der Waals surface area contributed by atoms with Gasteiger partial charge < -0.3 is 25.0 Å². The number of ether oxygens (including phenoxy) is 1. The molecule has 3 N–H and O–H groups in total. The van der Waals surface area contributed by atoms with Crippen LogP contribution in [0.4, 0.5) is 11.4 Å². The lowest BCUT2D eigenvalue weighted by molar-refractivity contribution is 0.154. The van der Waals surface area contributed by atoms with Crippen molar-refractivity contribution in [2.24, 2.45) is 0 Å². The molecule has 1 aliphatic rings. The van der Waals surface area contributed by atoms with Crippen molar-refractivity contribution in [2.45, 2.75) is 32.4 Å². The SMILES string of the molecule is CCOc1ccc2cc(CNc3ccc(N4CCCC(O)C4)cc3)c(=O)[nH]c2c1. The largest absolute Gasteiger partial charge is 0.494 e. The van der Waals surface area contributed by atoms with Gasteiger partial charge in [-0.15, -0.1) is 0 Å². The highest BCUT2D eigenvalue weighted by Crippen LogP contribution is 2.23. The van der Waals surface area contributed by atoms with Crippen LogP contribution in [0.5, 0.6) is 5.75 Å². The number of fused-ring (bicyclic) bond motifs is 1. The van der Waals surface area contributed by atoms with Crippen LogP contribution < -0.4 is 20.5 Å². The number of H-pyrrole nitrogens is 1. The third-order valence-electron chi connectivity index (χ3n) is 5.32. The molecule has 0 spiro atoms. The quantitative estimate of drug-likeness (QED) is 0.598. The lowest BCUT2D eigenvalue weighted by atomic mass is 10.1. The molecule has 1 saturated heterocycles. The highest BCUT2D eigenvalue weighted by atomic mass is 16.5. The summed E-state index contributed by atoms with van der Waals surface area (Å²) < 4.78 is 5.50. The van der Waals surface area contributed by atoms with Gasteiger partial charge in [-0.2, -0.15) is 0 Å². The molecule has 6 heteroatoms. The standard InChI is InChI=1S/C23H27N3O3/c1-2-29-21-10-5-16-12-17(23(28)25-22(16)13-21)14-24-18-6-8-19(9-7-18)26-11-3-4-20(27)15-26/h5-10,12-13,20,24,27H,2-4,11,14-15H2,1H3,(H,25,28). The molecule has 1 atom stereocenters. The Morgan fingerprint density at radius 3 is 2.79 bits per heavy atom. The van der Waals surface area contributed by atoms with Crippen LogP contribution in [0.3, 0.4) is 0 Å². The summed E-state index contributed by atoms with van der Waals surface area (Å²) >= 11 is 0. The van der Waals surface area contributed by atoms with Gasteiger partial charge in [0.1, 0.15) is 5.75 Å². The highest BCUT2D eigenvalue weighted by Gasteiger charge is 2.17. The van der Waals surface area contributed by atoms with Gasteiger partial charge >= 0.3 is 0 Å². The lowest BCUT2D eigenvalue weighted by Gasteiger charge is -2.32. The summed E-state index contributed by atoms with van der Waals surface area (Å²) in [5.74, 6) is 0.753. The second kappa shape index (κ2) is 8.57. The van der Waals surface area contributed by atoms with E-state index >= 15 is 0 Å². The minimum atomic E-state index is -0.245. The van der Waals surface area contributed by atoms with E-state index in [9.17, 15) is 9.90 Å². The van der Waals surface area contributed by atoms with E-state index in [0.29, 0.717) is 25.3 Å². The zero-order valence-electron chi connectivity index (χ0n) is 16.6. The van der Waals surface area contributed by atoms with Crippen LogP contribution in [-0.4, -0.2) is 35.9 Å². The number of hydrogen-bond acceptors (Lipinski definition) is 5. The van der Waals surface area contributed by atoms with Gasteiger partial charge in [-0.05, 0) is 67.6 Å². The van der Waals surface area contributed by atoms with Crippen molar-refractivity contribution in [1.29, 1.82) is 0 Å². The summed E-state index contributed by atoms with van der Waals surface area (Å²) in [4.78, 5) is 17.6. The van der Waals surface area contributed by atoms with Crippen molar-refractivity contribution in [3.63, 3.8) is 0 Å². The number of anilines is 2. The van der Waals surface area contributed by atoms with Crippen LogP contribution in [0.1, 0.15) is 25.3 Å². The maximum absolute atomic E-state index is 12.4. The Bertz CT molecular complexity index is 1030. The Balaban J connectivity index is 1.44. The van der Waals surface area contributed by atoms with Crippen molar-refractivity contribution in [3.05, 3.63) is 64.4 Å². The molecule has 0 aliphatic carbocycles. The number of β-amino-alcohol motifs (C(OH)–C–C–N with tert-alkyl or cyclic N) is 1. The van der Waals surface area contributed by atoms with Crippen molar-refractivity contribution in [3.8, 4) is 5.75 Å². The molecule has 1 unspecified atom stereocenters. The molecule has 1 aromatic heterocycles. The van der Waals surface area contributed by atoms with E-state index in [1.807, 2.05) is 43.3 Å². The van der Waals surface area contributed by atoms with Crippen LogP contribution in [0.2, 0.25) is 0 Å². The molecule has 1 fully saturated rings. The molecule has 1 aliphatic heterocycles. The van der Waals surface area contributed by atoms with Gasteiger partial charge in [0.2, 0.25) is 0 Å². The van der Waals surface area contributed by atoms with Gasteiger partial charge in [0.05, 0.1) is 18.2 Å². The van der Waals surface area contributed by atoms with Gasteiger partial charge in [0, 0.05) is 42.6 Å². The molecule has 2 aromatic carbocycles. The molecule has 3 aromatic rings. The van der Waals surface area contributed by atoms with Gasteiger partial charge in [-0.1, -0.05) is 0 Å². The van der Waals surface area contributed by atoms with Gasteiger partial charge in [0.15, 0.2) is 0 Å². The molecule has 0 radical (unpaired) electrons. The normalized spacial score (nSPS) is 16.8. The number of aliphatic hydroxyl groups is 1. The first-order chi connectivity index (χ1) is 14.1. The monoisotopic (exact) mass is 393 g/mol. The molecule has 4 rings (SSSR count). The summed E-state index contributed by atoms with van der Waals surface area (Å²) in [6, 6.07) is 15.8. The van der Waals surface area contributed by atoms with Crippen LogP contribution >= 0.6 is 0 Å². The molecule has 0 saturated carbocycles. The van der Waals surface area contributed by atoms with E-state index in [2.05, 4.69) is 27.3 Å². The minimum absolute atomic E-state index is 0.0995. The summed E-state index contributed by atoms with van der Waals surface area (Å²) in [5.41, 5.74) is 3.43. The van der Waals surface area contributed by atoms with E-state index in [1.165, 1.54) is 0 Å². The number of aromatic nitrogens is 1. The third-order valence-corrected chi connectivity index (χ3v) is 5.32. The molecule has 6 nitrogen and oxygen atoms in total. The third kappa shape index (κ3) is 4.54. The molecule has 2 heterocycles. The molecular formula is C23H27N3O3. The molecule has 152 valence electrons. The number of pyridine rings is 1. The predicted molar refractivity (Wildman–Crippen MR) is 117 cm³/mol. The number of benzene rings is 2. The molecule has 29 heavy (non-hydrogen) atoms. The topological polar surface area (TPSA) is 77.6 Å². The number of piperidine rings is 1. The van der Waals surface area contributed by atoms with Crippen molar-refractivity contribution >= 4 is 22.3 Å². The summed E-state index contributed by atoms with van der Waals surface area (Å²) in [6.07, 6.45) is 1.65. The average molecular weight is 393 g/mol.